The Morgan fingerprint density at radius 1 is 0.944 bits per heavy atom. The predicted molar refractivity (Wildman–Crippen MR) is 73.0 cm³/mol. The Labute approximate surface area is 106 Å². The molecule has 0 bridgehead atoms. The van der Waals surface area contributed by atoms with Gasteiger partial charge in [0.25, 0.3) is 0 Å². The first kappa shape index (κ1) is 12.1. The molecule has 0 saturated heterocycles. The minimum absolute atomic E-state index is 0.517. The van der Waals surface area contributed by atoms with Crippen LogP contribution in [0.25, 0.3) is 0 Å². The number of hydrogen-bond donors (Lipinski definition) is 2. The van der Waals surface area contributed by atoms with Gasteiger partial charge in [0.15, 0.2) is 0 Å². The van der Waals surface area contributed by atoms with E-state index in [0.717, 1.165) is 5.75 Å². The summed E-state index contributed by atoms with van der Waals surface area (Å²) < 4.78 is 11.0. The van der Waals surface area contributed by atoms with E-state index < -0.39 is 0 Å². The fourth-order valence-electron chi connectivity index (χ4n) is 1.56. The van der Waals surface area contributed by atoms with Crippen LogP contribution in [0.5, 0.6) is 17.2 Å². The molecule has 2 rings (SSSR count). The summed E-state index contributed by atoms with van der Waals surface area (Å²) in [7, 11) is 0. The van der Waals surface area contributed by atoms with Crippen LogP contribution in [0.1, 0.15) is 6.92 Å². The summed E-state index contributed by atoms with van der Waals surface area (Å²) in [6, 6.07) is 12.5. The molecule has 0 radical (unpaired) electrons. The average molecular weight is 244 g/mol. The van der Waals surface area contributed by atoms with Crippen LogP contribution in [-0.2, 0) is 0 Å². The van der Waals surface area contributed by atoms with Crippen LogP contribution >= 0.6 is 0 Å². The molecule has 2 aromatic rings. The molecule has 0 aliphatic rings. The number of hydrogen-bond acceptors (Lipinski definition) is 4. The predicted octanol–water partition coefficient (Wildman–Crippen LogP) is 3.04. The fraction of sp³-hybridized carbons (Fsp3) is 0.143. The van der Waals surface area contributed by atoms with Crippen LogP contribution in [0, 0.1) is 0 Å². The van der Waals surface area contributed by atoms with E-state index >= 15 is 0 Å². The summed E-state index contributed by atoms with van der Waals surface area (Å²) >= 11 is 0. The van der Waals surface area contributed by atoms with Gasteiger partial charge in [-0.1, -0.05) is 0 Å². The first-order chi connectivity index (χ1) is 8.69. The quantitative estimate of drug-likeness (QED) is 0.811. The fourth-order valence-corrected chi connectivity index (χ4v) is 1.56. The van der Waals surface area contributed by atoms with Crippen LogP contribution in [-0.4, -0.2) is 6.61 Å². The number of anilines is 2. The number of ether oxygens (including phenoxy) is 2. The standard InChI is InChI=1S/C14H16N2O2/c1-2-17-11-4-6-12(7-5-11)18-14-8-3-10(15)9-13(14)16/h3-9H,2,15-16H2,1H3. The van der Waals surface area contributed by atoms with E-state index in [1.807, 2.05) is 31.2 Å². The zero-order chi connectivity index (χ0) is 13.0. The van der Waals surface area contributed by atoms with Gasteiger partial charge in [0.1, 0.15) is 17.2 Å². The Kier molecular flexibility index (Phi) is 3.57. The lowest BCUT2D eigenvalue weighted by atomic mass is 10.2. The summed E-state index contributed by atoms with van der Waals surface area (Å²) in [5.41, 5.74) is 12.6. The molecular weight excluding hydrogens is 228 g/mol. The summed E-state index contributed by atoms with van der Waals surface area (Å²) in [4.78, 5) is 0. The SMILES string of the molecule is CCOc1ccc(Oc2ccc(N)cc2N)cc1. The molecule has 0 unspecified atom stereocenters. The summed E-state index contributed by atoms with van der Waals surface area (Å²) in [5, 5.41) is 0. The number of rotatable bonds is 4. The Morgan fingerprint density at radius 2 is 1.61 bits per heavy atom. The molecule has 0 saturated carbocycles. The minimum Gasteiger partial charge on any atom is -0.494 e. The van der Waals surface area contributed by atoms with Crippen molar-refractivity contribution < 1.29 is 9.47 Å². The largest absolute Gasteiger partial charge is 0.494 e. The number of nitrogens with two attached hydrogens (primary N) is 2. The van der Waals surface area contributed by atoms with Gasteiger partial charge in [-0.2, -0.15) is 0 Å². The second-order valence-corrected chi connectivity index (χ2v) is 3.80. The maximum atomic E-state index is 5.82. The van der Waals surface area contributed by atoms with Crippen LogP contribution in [0.15, 0.2) is 42.5 Å². The molecule has 18 heavy (non-hydrogen) atoms. The third kappa shape index (κ3) is 2.85. The van der Waals surface area contributed by atoms with E-state index in [1.54, 1.807) is 18.2 Å². The van der Waals surface area contributed by atoms with Gasteiger partial charge < -0.3 is 20.9 Å². The van der Waals surface area contributed by atoms with Crippen LogP contribution in [0.3, 0.4) is 0 Å². The van der Waals surface area contributed by atoms with Gasteiger partial charge in [0, 0.05) is 5.69 Å². The Bertz CT molecular complexity index is 524. The normalized spacial score (nSPS) is 10.1. The first-order valence-electron chi connectivity index (χ1n) is 5.74. The molecule has 0 amide bonds. The van der Waals surface area contributed by atoms with E-state index in [1.165, 1.54) is 0 Å². The van der Waals surface area contributed by atoms with E-state index in [-0.39, 0.29) is 0 Å². The van der Waals surface area contributed by atoms with Crippen molar-refractivity contribution in [2.75, 3.05) is 18.1 Å². The summed E-state index contributed by atoms with van der Waals surface area (Å²) in [5.74, 6) is 2.11. The van der Waals surface area contributed by atoms with E-state index in [9.17, 15) is 0 Å². The van der Waals surface area contributed by atoms with Gasteiger partial charge in [-0.3, -0.25) is 0 Å². The van der Waals surface area contributed by atoms with Gasteiger partial charge in [-0.25, -0.2) is 0 Å². The molecular formula is C14H16N2O2. The van der Waals surface area contributed by atoms with Gasteiger partial charge in [0.05, 0.1) is 12.3 Å². The molecule has 0 atom stereocenters. The summed E-state index contributed by atoms with van der Waals surface area (Å²) in [6.07, 6.45) is 0. The van der Waals surface area contributed by atoms with Crippen LogP contribution in [0.4, 0.5) is 11.4 Å². The second-order valence-electron chi connectivity index (χ2n) is 3.80. The highest BCUT2D eigenvalue weighted by molar-refractivity contribution is 5.61. The van der Waals surface area contributed by atoms with Crippen LogP contribution < -0.4 is 20.9 Å². The monoisotopic (exact) mass is 244 g/mol. The van der Waals surface area contributed by atoms with E-state index in [0.29, 0.717) is 29.5 Å². The van der Waals surface area contributed by atoms with Crippen LogP contribution in [0.2, 0.25) is 0 Å². The molecule has 94 valence electrons. The molecule has 4 N–H and O–H groups in total. The lowest BCUT2D eigenvalue weighted by Crippen LogP contribution is -1.95. The van der Waals surface area contributed by atoms with Crippen molar-refractivity contribution in [3.63, 3.8) is 0 Å². The number of nitrogen functional groups attached to an aromatic ring is 2. The van der Waals surface area contributed by atoms with Crippen molar-refractivity contribution in [3.8, 4) is 17.2 Å². The highest BCUT2D eigenvalue weighted by Crippen LogP contribution is 2.29. The Hall–Kier alpha value is -2.36. The highest BCUT2D eigenvalue weighted by Gasteiger charge is 2.02. The summed E-state index contributed by atoms with van der Waals surface area (Å²) in [6.45, 7) is 2.59. The molecule has 2 aromatic carbocycles. The lowest BCUT2D eigenvalue weighted by molar-refractivity contribution is 0.339. The number of benzene rings is 2. The second kappa shape index (κ2) is 5.31. The third-order valence-corrected chi connectivity index (χ3v) is 2.40. The van der Waals surface area contributed by atoms with Crippen molar-refractivity contribution in [2.45, 2.75) is 6.92 Å². The van der Waals surface area contributed by atoms with Gasteiger partial charge >= 0.3 is 0 Å². The average Bonchev–Trinajstić information content (AvgIpc) is 2.35. The first-order valence-corrected chi connectivity index (χ1v) is 5.74. The maximum absolute atomic E-state index is 5.82. The Morgan fingerprint density at radius 3 is 2.22 bits per heavy atom. The molecule has 0 spiro atoms. The van der Waals surface area contributed by atoms with E-state index in [4.69, 9.17) is 20.9 Å². The zero-order valence-electron chi connectivity index (χ0n) is 10.2. The zero-order valence-corrected chi connectivity index (χ0v) is 10.2. The van der Waals surface area contributed by atoms with Gasteiger partial charge in [0.2, 0.25) is 0 Å². The Balaban J connectivity index is 2.13. The third-order valence-electron chi connectivity index (χ3n) is 2.40. The van der Waals surface area contributed by atoms with Crippen molar-refractivity contribution in [1.29, 1.82) is 0 Å². The minimum atomic E-state index is 0.517. The smallest absolute Gasteiger partial charge is 0.150 e. The topological polar surface area (TPSA) is 70.5 Å². The van der Waals surface area contributed by atoms with Crippen molar-refractivity contribution in [1.82, 2.24) is 0 Å². The van der Waals surface area contributed by atoms with Gasteiger partial charge in [-0.05, 0) is 49.4 Å². The van der Waals surface area contributed by atoms with Crippen molar-refractivity contribution >= 4 is 11.4 Å². The van der Waals surface area contributed by atoms with Gasteiger partial charge in [-0.15, -0.1) is 0 Å². The lowest BCUT2D eigenvalue weighted by Gasteiger charge is -2.09. The molecule has 0 aliphatic heterocycles. The molecule has 0 aliphatic carbocycles. The molecule has 0 aromatic heterocycles. The van der Waals surface area contributed by atoms with E-state index in [2.05, 4.69) is 0 Å². The molecule has 4 nitrogen and oxygen atoms in total. The van der Waals surface area contributed by atoms with Crippen molar-refractivity contribution in [2.24, 2.45) is 0 Å². The molecule has 0 heterocycles. The highest BCUT2D eigenvalue weighted by atomic mass is 16.5. The molecule has 4 heteroatoms. The van der Waals surface area contributed by atoms with Crippen molar-refractivity contribution in [3.05, 3.63) is 42.5 Å². The maximum Gasteiger partial charge on any atom is 0.150 e. The molecule has 0 fully saturated rings.